The highest BCUT2D eigenvalue weighted by molar-refractivity contribution is 5.79. The van der Waals surface area contributed by atoms with Gasteiger partial charge in [-0.15, -0.1) is 13.2 Å². The van der Waals surface area contributed by atoms with Crippen LogP contribution >= 0.6 is 0 Å². The molecule has 1 amide bonds. The lowest BCUT2D eigenvalue weighted by Gasteiger charge is -2.15. The molecule has 5 nitrogen and oxygen atoms in total. The number of carboxylic acids is 1. The number of unbranched alkanes of at least 4 members (excludes halogenated alkanes) is 3. The maximum Gasteiger partial charge on any atom is 0.407 e. The van der Waals surface area contributed by atoms with E-state index < -0.39 is 18.1 Å². The molecular formula is C16H27NO4. The average Bonchev–Trinajstić information content (AvgIpc) is 2.43. The summed E-state index contributed by atoms with van der Waals surface area (Å²) in [5.74, 6) is -0.856. The van der Waals surface area contributed by atoms with Crippen molar-refractivity contribution in [2.75, 3.05) is 6.61 Å². The summed E-state index contributed by atoms with van der Waals surface area (Å²) < 4.78 is 5.01. The Bertz CT molecular complexity index is 341. The largest absolute Gasteiger partial charge is 0.480 e. The van der Waals surface area contributed by atoms with Crippen molar-refractivity contribution in [3.05, 3.63) is 25.3 Å². The Morgan fingerprint density at radius 2 is 1.95 bits per heavy atom. The SMILES string of the molecule is C=CCCCCC[C@H](NC(=O)OC[C@@H](C)CC=C)C(=O)O. The molecule has 2 atom stereocenters. The van der Waals surface area contributed by atoms with Crippen molar-refractivity contribution >= 4 is 12.1 Å². The van der Waals surface area contributed by atoms with Crippen LogP contribution < -0.4 is 5.32 Å². The summed E-state index contributed by atoms with van der Waals surface area (Å²) >= 11 is 0. The molecule has 5 heteroatoms. The van der Waals surface area contributed by atoms with Gasteiger partial charge in [-0.3, -0.25) is 0 Å². The highest BCUT2D eigenvalue weighted by Crippen LogP contribution is 2.07. The van der Waals surface area contributed by atoms with Gasteiger partial charge in [0.15, 0.2) is 0 Å². The van der Waals surface area contributed by atoms with Gasteiger partial charge in [0.1, 0.15) is 6.04 Å². The molecule has 0 aliphatic heterocycles. The number of alkyl carbamates (subject to hydrolysis) is 1. The van der Waals surface area contributed by atoms with E-state index in [0.717, 1.165) is 32.1 Å². The molecule has 0 aliphatic rings. The van der Waals surface area contributed by atoms with Crippen molar-refractivity contribution < 1.29 is 19.4 Å². The minimum Gasteiger partial charge on any atom is -0.480 e. The van der Waals surface area contributed by atoms with Gasteiger partial charge in [0.2, 0.25) is 0 Å². The first kappa shape index (κ1) is 19.2. The fraction of sp³-hybridized carbons (Fsp3) is 0.625. The molecule has 0 spiro atoms. The Labute approximate surface area is 127 Å². The Hall–Kier alpha value is -1.78. The lowest BCUT2D eigenvalue weighted by Crippen LogP contribution is -2.41. The normalized spacial score (nSPS) is 13.0. The van der Waals surface area contributed by atoms with Gasteiger partial charge in [0.25, 0.3) is 0 Å². The van der Waals surface area contributed by atoms with Crippen LogP contribution in [0.15, 0.2) is 25.3 Å². The van der Waals surface area contributed by atoms with Gasteiger partial charge in [-0.05, 0) is 31.6 Å². The molecule has 0 aromatic rings. The first-order valence-corrected chi connectivity index (χ1v) is 7.39. The van der Waals surface area contributed by atoms with Crippen LogP contribution in [0, 0.1) is 5.92 Å². The van der Waals surface area contributed by atoms with Gasteiger partial charge in [0.05, 0.1) is 6.61 Å². The standard InChI is InChI=1S/C16H27NO4/c1-4-6-7-8-9-11-14(15(18)19)17-16(20)21-12-13(3)10-5-2/h4-5,13-14H,1-2,6-12H2,3H3,(H,17,20)(H,18,19)/t13-,14-/m0/s1. The Morgan fingerprint density at radius 1 is 1.24 bits per heavy atom. The van der Waals surface area contributed by atoms with E-state index >= 15 is 0 Å². The fourth-order valence-corrected chi connectivity index (χ4v) is 1.83. The number of carboxylic acid groups (broad SMARTS) is 1. The van der Waals surface area contributed by atoms with Crippen LogP contribution in [0.4, 0.5) is 4.79 Å². The summed E-state index contributed by atoms with van der Waals surface area (Å²) in [7, 11) is 0. The number of carbonyl (C=O) groups is 2. The molecule has 120 valence electrons. The molecule has 0 unspecified atom stereocenters. The first-order valence-electron chi connectivity index (χ1n) is 7.39. The van der Waals surface area contributed by atoms with Crippen molar-refractivity contribution in [1.82, 2.24) is 5.32 Å². The predicted molar refractivity (Wildman–Crippen MR) is 83.2 cm³/mol. The van der Waals surface area contributed by atoms with Crippen LogP contribution in [-0.4, -0.2) is 29.8 Å². The second kappa shape index (κ2) is 12.0. The maximum absolute atomic E-state index is 11.6. The van der Waals surface area contributed by atoms with E-state index in [0.29, 0.717) is 6.42 Å². The first-order chi connectivity index (χ1) is 10.0. The number of allylic oxidation sites excluding steroid dienone is 2. The zero-order valence-electron chi connectivity index (χ0n) is 12.8. The third-order valence-electron chi connectivity index (χ3n) is 3.06. The molecule has 0 saturated carbocycles. The summed E-state index contributed by atoms with van der Waals surface area (Å²) in [5, 5.41) is 11.5. The van der Waals surface area contributed by atoms with Crippen molar-refractivity contribution in [1.29, 1.82) is 0 Å². The second-order valence-electron chi connectivity index (χ2n) is 5.19. The van der Waals surface area contributed by atoms with Crippen molar-refractivity contribution in [3.63, 3.8) is 0 Å². The lowest BCUT2D eigenvalue weighted by molar-refractivity contribution is -0.139. The number of amides is 1. The van der Waals surface area contributed by atoms with Crippen molar-refractivity contribution in [2.45, 2.75) is 51.5 Å². The second-order valence-corrected chi connectivity index (χ2v) is 5.19. The summed E-state index contributed by atoms with van der Waals surface area (Å²) in [4.78, 5) is 22.7. The predicted octanol–water partition coefficient (Wildman–Crippen LogP) is 3.51. The van der Waals surface area contributed by atoms with Crippen LogP contribution in [0.3, 0.4) is 0 Å². The molecule has 21 heavy (non-hydrogen) atoms. The van der Waals surface area contributed by atoms with Crippen molar-refractivity contribution in [3.8, 4) is 0 Å². The Balaban J connectivity index is 4.00. The van der Waals surface area contributed by atoms with Gasteiger partial charge >= 0.3 is 12.1 Å². The van der Waals surface area contributed by atoms with Crippen LogP contribution in [0.1, 0.15) is 45.4 Å². The number of nitrogens with one attached hydrogen (secondary N) is 1. The van der Waals surface area contributed by atoms with Crippen LogP contribution in [0.25, 0.3) is 0 Å². The Morgan fingerprint density at radius 3 is 2.52 bits per heavy atom. The van der Waals surface area contributed by atoms with Gasteiger partial charge < -0.3 is 15.2 Å². The summed E-state index contributed by atoms with van der Waals surface area (Å²) in [6, 6.07) is -0.893. The molecular weight excluding hydrogens is 270 g/mol. The number of aliphatic carboxylic acids is 1. The van der Waals surface area contributed by atoms with Gasteiger partial charge in [0, 0.05) is 0 Å². The van der Waals surface area contributed by atoms with E-state index in [2.05, 4.69) is 18.5 Å². The maximum atomic E-state index is 11.6. The van der Waals surface area contributed by atoms with E-state index in [1.54, 1.807) is 6.08 Å². The number of rotatable bonds is 12. The smallest absolute Gasteiger partial charge is 0.407 e. The zero-order chi connectivity index (χ0) is 16.1. The summed E-state index contributed by atoms with van der Waals surface area (Å²) in [5.41, 5.74) is 0. The molecule has 0 bridgehead atoms. The third kappa shape index (κ3) is 10.6. The van der Waals surface area contributed by atoms with Crippen LogP contribution in [0.2, 0.25) is 0 Å². The number of hydrogen-bond acceptors (Lipinski definition) is 3. The molecule has 0 radical (unpaired) electrons. The highest BCUT2D eigenvalue weighted by atomic mass is 16.5. The summed E-state index contributed by atoms with van der Waals surface area (Å²) in [6.45, 7) is 9.44. The fourth-order valence-electron chi connectivity index (χ4n) is 1.83. The molecule has 0 heterocycles. The van der Waals surface area contributed by atoms with Gasteiger partial charge in [-0.2, -0.15) is 0 Å². The molecule has 0 rings (SSSR count). The summed E-state index contributed by atoms with van der Waals surface area (Å²) in [6.07, 6.45) is 7.66. The molecule has 2 N–H and O–H groups in total. The molecule has 0 aromatic carbocycles. The minimum absolute atomic E-state index is 0.176. The third-order valence-corrected chi connectivity index (χ3v) is 3.06. The Kier molecular flexibility index (Phi) is 11.0. The molecule has 0 saturated heterocycles. The average molecular weight is 297 g/mol. The van der Waals surface area contributed by atoms with E-state index in [1.807, 2.05) is 13.0 Å². The van der Waals surface area contributed by atoms with E-state index in [9.17, 15) is 9.59 Å². The van der Waals surface area contributed by atoms with E-state index in [1.165, 1.54) is 0 Å². The highest BCUT2D eigenvalue weighted by Gasteiger charge is 2.20. The quantitative estimate of drug-likeness (QED) is 0.427. The molecule has 0 aliphatic carbocycles. The number of hydrogen-bond donors (Lipinski definition) is 2. The zero-order valence-corrected chi connectivity index (χ0v) is 12.8. The minimum atomic E-state index is -1.03. The van der Waals surface area contributed by atoms with Crippen LogP contribution in [-0.2, 0) is 9.53 Å². The van der Waals surface area contributed by atoms with E-state index in [4.69, 9.17) is 9.84 Å². The molecule has 0 aromatic heterocycles. The topological polar surface area (TPSA) is 75.6 Å². The van der Waals surface area contributed by atoms with Crippen LogP contribution in [0.5, 0.6) is 0 Å². The monoisotopic (exact) mass is 297 g/mol. The van der Waals surface area contributed by atoms with E-state index in [-0.39, 0.29) is 12.5 Å². The van der Waals surface area contributed by atoms with Crippen molar-refractivity contribution in [2.24, 2.45) is 5.92 Å². The van der Waals surface area contributed by atoms with Gasteiger partial charge in [-0.1, -0.05) is 31.9 Å². The lowest BCUT2D eigenvalue weighted by atomic mass is 10.1. The number of carbonyl (C=O) groups excluding carboxylic acids is 1. The van der Waals surface area contributed by atoms with Gasteiger partial charge in [-0.25, -0.2) is 9.59 Å². The number of ether oxygens (including phenoxy) is 1. The molecule has 0 fully saturated rings.